The van der Waals surface area contributed by atoms with Crippen LogP contribution in [-0.4, -0.2) is 36.8 Å². The summed E-state index contributed by atoms with van der Waals surface area (Å²) in [5.41, 5.74) is 0.0282. The number of ether oxygens (including phenoxy) is 2. The van der Waals surface area contributed by atoms with Gasteiger partial charge in [0.25, 0.3) is 0 Å². The lowest BCUT2D eigenvalue weighted by Crippen LogP contribution is -2.67. The summed E-state index contributed by atoms with van der Waals surface area (Å²) in [4.78, 5) is 54.3. The summed E-state index contributed by atoms with van der Waals surface area (Å²) in [6, 6.07) is 9.84. The monoisotopic (exact) mass is 701 g/mol. The normalized spacial score (nSPS) is 40.0. The van der Waals surface area contributed by atoms with Crippen molar-refractivity contribution in [3.8, 4) is 0 Å². The Morgan fingerprint density at radius 2 is 1.55 bits per heavy atom. The number of ketones is 1. The zero-order valence-corrected chi connectivity index (χ0v) is 33.0. The Morgan fingerprint density at radius 3 is 2.22 bits per heavy atom. The van der Waals surface area contributed by atoms with Gasteiger partial charge in [0, 0.05) is 18.4 Å². The average Bonchev–Trinajstić information content (AvgIpc) is 3.06. The standard InChI is InChI=1S/C44H63NO6/c1-38(2,36(48)50-10)26-34(47)45-33-17-18-42(7)32(39(33,3)4)16-19-44(9)35(42)31(46)24-29-30-25-41(6,21-20-40(30,5)22-23-43(29,44)8)37(49)51-27-28-14-12-11-13-15-28/h11-15,24,30,32-33,35H,16-23,25-27H2,1-10H3,(H,45,47)/t30-,32-,33-,35+,40+,41-,42-,43+,44+/m0/s1. The highest BCUT2D eigenvalue weighted by atomic mass is 16.5. The average molecular weight is 702 g/mol. The maximum absolute atomic E-state index is 14.9. The summed E-state index contributed by atoms with van der Waals surface area (Å²) in [5.74, 6) is -0.0797. The lowest BCUT2D eigenvalue weighted by Gasteiger charge is -2.70. The minimum atomic E-state index is -0.902. The first-order valence-corrected chi connectivity index (χ1v) is 19.5. The Hall–Kier alpha value is -2.96. The predicted octanol–water partition coefficient (Wildman–Crippen LogP) is 8.78. The third-order valence-corrected chi connectivity index (χ3v) is 16.0. The smallest absolute Gasteiger partial charge is 0.312 e. The molecule has 7 nitrogen and oxygen atoms in total. The Morgan fingerprint density at radius 1 is 0.882 bits per heavy atom. The summed E-state index contributed by atoms with van der Waals surface area (Å²) in [6.45, 7) is 20.0. The molecule has 7 heteroatoms. The minimum Gasteiger partial charge on any atom is -0.469 e. The predicted molar refractivity (Wildman–Crippen MR) is 198 cm³/mol. The summed E-state index contributed by atoms with van der Waals surface area (Å²) < 4.78 is 10.9. The molecule has 0 aliphatic heterocycles. The zero-order valence-electron chi connectivity index (χ0n) is 33.0. The molecule has 1 aromatic rings. The highest BCUT2D eigenvalue weighted by Crippen LogP contribution is 2.75. The van der Waals surface area contributed by atoms with Gasteiger partial charge in [0.2, 0.25) is 5.91 Å². The molecule has 0 aromatic heterocycles. The van der Waals surface area contributed by atoms with E-state index >= 15 is 0 Å². The molecule has 280 valence electrons. The van der Waals surface area contributed by atoms with Gasteiger partial charge in [-0.25, -0.2) is 0 Å². The zero-order chi connectivity index (χ0) is 37.4. The van der Waals surface area contributed by atoms with Gasteiger partial charge in [-0.05, 0) is 129 Å². The first kappa shape index (κ1) is 37.8. The molecule has 9 atom stereocenters. The number of allylic oxidation sites excluding steroid dienone is 2. The Kier molecular flexibility index (Phi) is 9.32. The third kappa shape index (κ3) is 5.91. The van der Waals surface area contributed by atoms with Crippen LogP contribution in [0.15, 0.2) is 42.0 Å². The van der Waals surface area contributed by atoms with E-state index in [9.17, 15) is 19.2 Å². The second kappa shape index (κ2) is 12.6. The van der Waals surface area contributed by atoms with Crippen molar-refractivity contribution >= 4 is 23.6 Å². The van der Waals surface area contributed by atoms with Gasteiger partial charge < -0.3 is 14.8 Å². The Labute approximate surface area is 306 Å². The van der Waals surface area contributed by atoms with Crippen LogP contribution in [0.25, 0.3) is 0 Å². The number of hydrogen-bond acceptors (Lipinski definition) is 6. The van der Waals surface area contributed by atoms with Crippen LogP contribution in [0.2, 0.25) is 0 Å². The van der Waals surface area contributed by atoms with Crippen LogP contribution in [0, 0.1) is 55.7 Å². The summed E-state index contributed by atoms with van der Waals surface area (Å²) >= 11 is 0. The van der Waals surface area contributed by atoms with E-state index in [-0.39, 0.29) is 87.5 Å². The molecule has 5 aliphatic rings. The molecule has 6 rings (SSSR count). The molecule has 0 bridgehead atoms. The molecular weight excluding hydrogens is 638 g/mol. The van der Waals surface area contributed by atoms with Gasteiger partial charge in [-0.1, -0.05) is 77.4 Å². The molecule has 4 fully saturated rings. The van der Waals surface area contributed by atoms with Gasteiger partial charge in [0.15, 0.2) is 5.78 Å². The Balaban J connectivity index is 1.26. The van der Waals surface area contributed by atoms with Crippen molar-refractivity contribution in [3.05, 3.63) is 47.5 Å². The van der Waals surface area contributed by atoms with Crippen molar-refractivity contribution in [3.63, 3.8) is 0 Å². The lowest BCUT2D eigenvalue weighted by molar-refractivity contribution is -0.190. The van der Waals surface area contributed by atoms with Gasteiger partial charge >= 0.3 is 11.9 Å². The van der Waals surface area contributed by atoms with E-state index in [1.165, 1.54) is 12.7 Å². The summed E-state index contributed by atoms with van der Waals surface area (Å²) in [5, 5.41) is 3.33. The van der Waals surface area contributed by atoms with E-state index in [2.05, 4.69) is 59.9 Å². The van der Waals surface area contributed by atoms with E-state index in [0.29, 0.717) is 6.42 Å². The number of hydrogen-bond donors (Lipinski definition) is 1. The second-order valence-electron chi connectivity index (χ2n) is 19.8. The SMILES string of the molecule is COC(=O)C(C)(C)CC(=O)N[C@H]1CC[C@]2(C)[C@H]3C(=O)C=C4[C@@H]5C[C@@](C)(C(=O)OCc6ccccc6)CC[C@]5(C)CC[C@@]4(C)[C@]3(C)CC[C@H]2C1(C)C. The number of carbonyl (C=O) groups is 4. The van der Waals surface area contributed by atoms with Crippen LogP contribution >= 0.6 is 0 Å². The van der Waals surface area contributed by atoms with Gasteiger partial charge in [-0.15, -0.1) is 0 Å². The number of esters is 2. The maximum Gasteiger partial charge on any atom is 0.312 e. The fourth-order valence-corrected chi connectivity index (χ4v) is 12.5. The number of carbonyl (C=O) groups excluding carboxylic acids is 4. The van der Waals surface area contributed by atoms with Crippen molar-refractivity contribution in [2.75, 3.05) is 7.11 Å². The summed E-state index contributed by atoms with van der Waals surface area (Å²) in [6.07, 6.45) is 10.4. The molecule has 0 unspecified atom stereocenters. The van der Waals surface area contributed by atoms with Crippen molar-refractivity contribution < 1.29 is 28.7 Å². The second-order valence-corrected chi connectivity index (χ2v) is 19.8. The van der Waals surface area contributed by atoms with Crippen molar-refractivity contribution in [1.29, 1.82) is 0 Å². The van der Waals surface area contributed by atoms with Gasteiger partial charge in [-0.3, -0.25) is 19.2 Å². The fraction of sp³-hybridized carbons (Fsp3) is 0.727. The van der Waals surface area contributed by atoms with Crippen LogP contribution in [0.4, 0.5) is 0 Å². The van der Waals surface area contributed by atoms with Crippen LogP contribution in [0.1, 0.15) is 132 Å². The van der Waals surface area contributed by atoms with E-state index in [1.807, 2.05) is 30.3 Å². The van der Waals surface area contributed by atoms with E-state index in [0.717, 1.165) is 56.9 Å². The Bertz CT molecular complexity index is 1610. The topological polar surface area (TPSA) is 98.8 Å². The molecule has 0 radical (unpaired) electrons. The van der Waals surface area contributed by atoms with Crippen LogP contribution in [0.5, 0.6) is 0 Å². The first-order valence-electron chi connectivity index (χ1n) is 19.5. The molecule has 0 heterocycles. The molecule has 5 aliphatic carbocycles. The molecule has 1 aromatic carbocycles. The number of benzene rings is 1. The maximum atomic E-state index is 14.9. The largest absolute Gasteiger partial charge is 0.469 e. The van der Waals surface area contributed by atoms with Gasteiger partial charge in [0.05, 0.1) is 17.9 Å². The van der Waals surface area contributed by atoms with Crippen molar-refractivity contribution in [2.24, 2.45) is 55.7 Å². The van der Waals surface area contributed by atoms with Gasteiger partial charge in [-0.2, -0.15) is 0 Å². The van der Waals surface area contributed by atoms with E-state index < -0.39 is 10.8 Å². The molecule has 1 N–H and O–H groups in total. The number of amides is 1. The number of rotatable bonds is 7. The quantitative estimate of drug-likeness (QED) is 0.286. The number of methoxy groups -OCH3 is 1. The van der Waals surface area contributed by atoms with E-state index in [4.69, 9.17) is 9.47 Å². The van der Waals surface area contributed by atoms with E-state index in [1.54, 1.807) is 13.8 Å². The number of nitrogens with one attached hydrogen (secondary N) is 1. The third-order valence-electron chi connectivity index (χ3n) is 16.0. The van der Waals surface area contributed by atoms with Crippen LogP contribution < -0.4 is 5.32 Å². The van der Waals surface area contributed by atoms with Crippen molar-refractivity contribution in [1.82, 2.24) is 5.32 Å². The molecule has 51 heavy (non-hydrogen) atoms. The molecule has 0 spiro atoms. The molecule has 4 saturated carbocycles. The van der Waals surface area contributed by atoms with Crippen LogP contribution in [-0.2, 0) is 35.3 Å². The fourth-order valence-electron chi connectivity index (χ4n) is 12.5. The van der Waals surface area contributed by atoms with Crippen molar-refractivity contribution in [2.45, 2.75) is 139 Å². The molecule has 0 saturated heterocycles. The highest BCUT2D eigenvalue weighted by molar-refractivity contribution is 5.96. The first-order chi connectivity index (χ1) is 23.7. The molecular formula is C44H63NO6. The summed E-state index contributed by atoms with van der Waals surface area (Å²) in [7, 11) is 1.36. The highest BCUT2D eigenvalue weighted by Gasteiger charge is 2.70. The van der Waals surface area contributed by atoms with Gasteiger partial charge in [0.1, 0.15) is 6.61 Å². The molecule has 1 amide bonds. The lowest BCUT2D eigenvalue weighted by atomic mass is 9.33. The van der Waals surface area contributed by atoms with Crippen LogP contribution in [0.3, 0.4) is 0 Å². The minimum absolute atomic E-state index is 0.0433. The number of fused-ring (bicyclic) bond motifs is 7.